The van der Waals surface area contributed by atoms with Crippen LogP contribution in [-0.4, -0.2) is 24.0 Å². The summed E-state index contributed by atoms with van der Waals surface area (Å²) < 4.78 is 0. The Morgan fingerprint density at radius 2 is 2.23 bits per heavy atom. The largest absolute Gasteiger partial charge is 0.361 e. The molecular weight excluding hydrogens is 274 g/mol. The molecule has 0 aliphatic heterocycles. The molecule has 4 N–H and O–H groups in total. The highest BCUT2D eigenvalue weighted by Crippen LogP contribution is 2.33. The molecule has 0 bridgehead atoms. The number of allylic oxidation sites excluding steroid dienone is 2. The molecule has 1 aliphatic carbocycles. The number of hydrogen-bond acceptors (Lipinski definition) is 2. The van der Waals surface area contributed by atoms with Gasteiger partial charge in [-0.25, -0.2) is 0 Å². The smallest absolute Gasteiger partial charge is 0.223 e. The summed E-state index contributed by atoms with van der Waals surface area (Å²) >= 11 is 0. The second-order valence-corrected chi connectivity index (χ2v) is 5.88. The Bertz CT molecular complexity index is 686. The van der Waals surface area contributed by atoms with Crippen LogP contribution in [0, 0.1) is 5.92 Å². The quantitative estimate of drug-likeness (QED) is 0.743. The standard InChI is InChI=1S/C18H23N3O/c19-10-3-11-20-18(22)14-8-6-13(7-9-14)16-12-21-17-5-2-1-4-15(16)17/h1-2,4-6,12,14,21H,3,7-11,19H2,(H,20,22). The van der Waals surface area contributed by atoms with Crippen LogP contribution in [0.3, 0.4) is 0 Å². The topological polar surface area (TPSA) is 70.9 Å². The molecule has 4 nitrogen and oxygen atoms in total. The van der Waals surface area contributed by atoms with E-state index in [1.165, 1.54) is 22.0 Å². The number of aromatic nitrogens is 1. The van der Waals surface area contributed by atoms with Gasteiger partial charge < -0.3 is 16.0 Å². The van der Waals surface area contributed by atoms with E-state index in [2.05, 4.69) is 40.8 Å². The van der Waals surface area contributed by atoms with Crippen LogP contribution >= 0.6 is 0 Å². The van der Waals surface area contributed by atoms with Gasteiger partial charge in [-0.2, -0.15) is 0 Å². The van der Waals surface area contributed by atoms with E-state index in [1.807, 2.05) is 6.07 Å². The lowest BCUT2D eigenvalue weighted by molar-refractivity contribution is -0.125. The number of nitrogens with two attached hydrogens (primary N) is 1. The molecular formula is C18H23N3O. The number of para-hydroxylation sites is 1. The fourth-order valence-corrected chi connectivity index (χ4v) is 3.11. The molecule has 3 rings (SSSR count). The van der Waals surface area contributed by atoms with Crippen molar-refractivity contribution < 1.29 is 4.79 Å². The first-order valence-corrected chi connectivity index (χ1v) is 8.03. The van der Waals surface area contributed by atoms with E-state index >= 15 is 0 Å². The molecule has 0 fully saturated rings. The second-order valence-electron chi connectivity index (χ2n) is 5.88. The Hall–Kier alpha value is -2.07. The first kappa shape index (κ1) is 14.9. The van der Waals surface area contributed by atoms with Gasteiger partial charge in [0.25, 0.3) is 0 Å². The maximum atomic E-state index is 12.1. The molecule has 1 aliphatic rings. The van der Waals surface area contributed by atoms with E-state index in [-0.39, 0.29) is 11.8 Å². The molecule has 1 atom stereocenters. The molecule has 2 aromatic rings. The summed E-state index contributed by atoms with van der Waals surface area (Å²) in [5.41, 5.74) is 9.24. The van der Waals surface area contributed by atoms with Crippen molar-refractivity contribution in [3.63, 3.8) is 0 Å². The van der Waals surface area contributed by atoms with Gasteiger partial charge in [-0.1, -0.05) is 24.3 Å². The fourth-order valence-electron chi connectivity index (χ4n) is 3.11. The minimum absolute atomic E-state index is 0.103. The monoisotopic (exact) mass is 297 g/mol. The molecule has 0 spiro atoms. The van der Waals surface area contributed by atoms with Crippen LogP contribution in [-0.2, 0) is 4.79 Å². The zero-order valence-corrected chi connectivity index (χ0v) is 12.8. The van der Waals surface area contributed by atoms with Gasteiger partial charge in [-0.05, 0) is 43.9 Å². The number of fused-ring (bicyclic) bond motifs is 1. The molecule has 22 heavy (non-hydrogen) atoms. The van der Waals surface area contributed by atoms with Crippen LogP contribution in [0.4, 0.5) is 0 Å². The number of rotatable bonds is 5. The number of carbonyl (C=O) groups is 1. The lowest BCUT2D eigenvalue weighted by Gasteiger charge is -2.21. The Morgan fingerprint density at radius 3 is 3.00 bits per heavy atom. The summed E-state index contributed by atoms with van der Waals surface area (Å²) in [6.07, 6.45) is 7.85. The van der Waals surface area contributed by atoms with Crippen LogP contribution < -0.4 is 11.1 Å². The third-order valence-electron chi connectivity index (χ3n) is 4.40. The lowest BCUT2D eigenvalue weighted by Crippen LogP contribution is -2.32. The summed E-state index contributed by atoms with van der Waals surface area (Å²) in [5, 5.41) is 4.24. The van der Waals surface area contributed by atoms with Crippen molar-refractivity contribution in [1.29, 1.82) is 0 Å². The average Bonchev–Trinajstić information content (AvgIpc) is 2.99. The zero-order chi connectivity index (χ0) is 15.4. The summed E-state index contributed by atoms with van der Waals surface area (Å²) in [4.78, 5) is 15.4. The molecule has 4 heteroatoms. The molecule has 116 valence electrons. The van der Waals surface area contributed by atoms with E-state index in [9.17, 15) is 4.79 Å². The highest BCUT2D eigenvalue weighted by molar-refractivity contribution is 5.93. The molecule has 1 aromatic carbocycles. The first-order chi connectivity index (χ1) is 10.8. The third kappa shape index (κ3) is 3.07. The Kier molecular flexibility index (Phi) is 4.59. The number of hydrogen-bond donors (Lipinski definition) is 3. The molecule has 1 amide bonds. The molecule has 0 saturated heterocycles. The van der Waals surface area contributed by atoms with Gasteiger partial charge in [0.2, 0.25) is 5.91 Å². The molecule has 0 saturated carbocycles. The van der Waals surface area contributed by atoms with Crippen LogP contribution in [0.25, 0.3) is 16.5 Å². The molecule has 1 aromatic heterocycles. The Morgan fingerprint density at radius 1 is 1.36 bits per heavy atom. The van der Waals surface area contributed by atoms with Gasteiger partial charge in [0, 0.05) is 35.1 Å². The third-order valence-corrected chi connectivity index (χ3v) is 4.40. The van der Waals surface area contributed by atoms with Crippen molar-refractivity contribution in [2.24, 2.45) is 11.7 Å². The van der Waals surface area contributed by atoms with Crippen molar-refractivity contribution in [1.82, 2.24) is 10.3 Å². The average molecular weight is 297 g/mol. The predicted octanol–water partition coefficient (Wildman–Crippen LogP) is 2.82. The molecule has 0 radical (unpaired) electrons. The van der Waals surface area contributed by atoms with Gasteiger partial charge >= 0.3 is 0 Å². The van der Waals surface area contributed by atoms with Crippen molar-refractivity contribution >= 4 is 22.4 Å². The van der Waals surface area contributed by atoms with Crippen molar-refractivity contribution in [3.05, 3.63) is 42.1 Å². The number of amides is 1. The van der Waals surface area contributed by atoms with Crippen LogP contribution in [0.15, 0.2) is 36.5 Å². The van der Waals surface area contributed by atoms with Crippen LogP contribution in [0.5, 0.6) is 0 Å². The van der Waals surface area contributed by atoms with Gasteiger partial charge in [0.15, 0.2) is 0 Å². The maximum Gasteiger partial charge on any atom is 0.223 e. The maximum absolute atomic E-state index is 12.1. The van der Waals surface area contributed by atoms with Gasteiger partial charge in [0.05, 0.1) is 0 Å². The Balaban J connectivity index is 1.67. The predicted molar refractivity (Wildman–Crippen MR) is 90.3 cm³/mol. The summed E-state index contributed by atoms with van der Waals surface area (Å²) in [6, 6.07) is 8.35. The SMILES string of the molecule is NCCCNC(=O)C1CC=C(c2c[nH]c3ccccc23)CC1. The zero-order valence-electron chi connectivity index (χ0n) is 12.8. The number of H-pyrrole nitrogens is 1. The number of nitrogens with one attached hydrogen (secondary N) is 2. The van der Waals surface area contributed by atoms with E-state index in [4.69, 9.17) is 5.73 Å². The summed E-state index contributed by atoms with van der Waals surface area (Å²) in [6.45, 7) is 1.31. The van der Waals surface area contributed by atoms with E-state index < -0.39 is 0 Å². The summed E-state index contributed by atoms with van der Waals surface area (Å²) in [7, 11) is 0. The first-order valence-electron chi connectivity index (χ1n) is 8.03. The summed E-state index contributed by atoms with van der Waals surface area (Å²) in [5.74, 6) is 0.273. The highest BCUT2D eigenvalue weighted by Gasteiger charge is 2.22. The van der Waals surface area contributed by atoms with Gasteiger partial charge in [-0.15, -0.1) is 0 Å². The second kappa shape index (κ2) is 6.79. The van der Waals surface area contributed by atoms with E-state index in [1.54, 1.807) is 0 Å². The van der Waals surface area contributed by atoms with Crippen molar-refractivity contribution in [2.45, 2.75) is 25.7 Å². The highest BCUT2D eigenvalue weighted by atomic mass is 16.1. The Labute approximate surface area is 130 Å². The number of carbonyl (C=O) groups excluding carboxylic acids is 1. The molecule has 1 heterocycles. The number of aromatic amines is 1. The fraction of sp³-hybridized carbons (Fsp3) is 0.389. The van der Waals surface area contributed by atoms with E-state index in [0.29, 0.717) is 13.1 Å². The van der Waals surface area contributed by atoms with Gasteiger partial charge in [0.1, 0.15) is 0 Å². The van der Waals surface area contributed by atoms with Crippen LogP contribution in [0.2, 0.25) is 0 Å². The minimum atomic E-state index is 0.103. The normalized spacial score (nSPS) is 18.2. The van der Waals surface area contributed by atoms with Crippen molar-refractivity contribution in [3.8, 4) is 0 Å². The number of benzene rings is 1. The minimum Gasteiger partial charge on any atom is -0.361 e. The van der Waals surface area contributed by atoms with Crippen LogP contribution in [0.1, 0.15) is 31.2 Å². The lowest BCUT2D eigenvalue weighted by atomic mass is 9.86. The van der Waals surface area contributed by atoms with Crippen molar-refractivity contribution in [2.75, 3.05) is 13.1 Å². The molecule has 1 unspecified atom stereocenters. The van der Waals surface area contributed by atoms with Gasteiger partial charge in [-0.3, -0.25) is 4.79 Å². The van der Waals surface area contributed by atoms with E-state index in [0.717, 1.165) is 25.7 Å².